The minimum absolute atomic E-state index is 0.0569. The lowest BCUT2D eigenvalue weighted by atomic mass is 9.67. The van der Waals surface area contributed by atoms with E-state index in [0.29, 0.717) is 23.4 Å². The second-order valence-electron chi connectivity index (χ2n) is 31.0. The molecule has 12 aromatic rings. The number of nitrogens with zero attached hydrogens (tertiary/aromatic N) is 3. The van der Waals surface area contributed by atoms with Gasteiger partial charge in [0.15, 0.2) is 17.5 Å². The highest BCUT2D eigenvalue weighted by Crippen LogP contribution is 2.68. The number of benzene rings is 11. The van der Waals surface area contributed by atoms with E-state index >= 15 is 0 Å². The van der Waals surface area contributed by atoms with Gasteiger partial charge in [-0.2, -0.15) is 0 Å². The molecule has 1 heterocycles. The van der Waals surface area contributed by atoms with Gasteiger partial charge in [-0.3, -0.25) is 0 Å². The highest BCUT2D eigenvalue weighted by molar-refractivity contribution is 6.00. The first-order valence-corrected chi connectivity index (χ1v) is 34.0. The molecule has 0 aliphatic heterocycles. The normalized spacial score (nSPS) is 17.9. The van der Waals surface area contributed by atoms with Gasteiger partial charge in [-0.25, -0.2) is 15.0 Å². The molecule has 3 spiro atoms. The maximum atomic E-state index is 5.82. The number of fused-ring (bicyclic) bond motifs is 29. The molecule has 94 heavy (non-hydrogen) atoms. The molecule has 19 rings (SSSR count). The molecule has 3 heteroatoms. The Labute approximate surface area is 552 Å². The van der Waals surface area contributed by atoms with Crippen LogP contribution in [-0.2, 0) is 32.5 Å². The molecule has 7 aliphatic rings. The molecule has 452 valence electrons. The van der Waals surface area contributed by atoms with Crippen LogP contribution in [0, 0.1) is 5.92 Å². The van der Waals surface area contributed by atoms with Gasteiger partial charge >= 0.3 is 0 Å². The summed E-state index contributed by atoms with van der Waals surface area (Å²) in [5.41, 5.74) is 36.3. The van der Waals surface area contributed by atoms with E-state index in [2.05, 4.69) is 312 Å². The molecular formula is C91H73N3. The van der Waals surface area contributed by atoms with Gasteiger partial charge in [0.2, 0.25) is 0 Å². The Morgan fingerprint density at radius 3 is 0.894 bits per heavy atom. The van der Waals surface area contributed by atoms with Crippen molar-refractivity contribution >= 4 is 5.57 Å². The highest BCUT2D eigenvalue weighted by atomic mass is 15.0. The average molecular weight is 1210 g/mol. The lowest BCUT2D eigenvalue weighted by Crippen LogP contribution is -2.28. The van der Waals surface area contributed by atoms with Crippen molar-refractivity contribution in [2.24, 2.45) is 5.92 Å². The Hall–Kier alpha value is -10.1. The van der Waals surface area contributed by atoms with Crippen LogP contribution in [0.3, 0.4) is 0 Å². The third-order valence-electron chi connectivity index (χ3n) is 22.9. The zero-order valence-electron chi connectivity index (χ0n) is 55.2. The Kier molecular flexibility index (Phi) is 11.1. The van der Waals surface area contributed by atoms with Crippen LogP contribution < -0.4 is 0 Å². The minimum atomic E-state index is -0.579. The van der Waals surface area contributed by atoms with E-state index in [9.17, 15) is 0 Å². The topological polar surface area (TPSA) is 38.7 Å². The minimum Gasteiger partial charge on any atom is -0.208 e. The van der Waals surface area contributed by atoms with Crippen molar-refractivity contribution in [3.05, 3.63) is 332 Å². The second kappa shape index (κ2) is 18.8. The van der Waals surface area contributed by atoms with Gasteiger partial charge in [0.05, 0.1) is 16.2 Å². The van der Waals surface area contributed by atoms with Crippen LogP contribution in [-0.4, -0.2) is 15.0 Å². The maximum absolute atomic E-state index is 5.82. The van der Waals surface area contributed by atoms with Gasteiger partial charge < -0.3 is 0 Å². The lowest BCUT2D eigenvalue weighted by Gasteiger charge is -2.34. The number of aromatic nitrogens is 3. The first-order chi connectivity index (χ1) is 45.4. The quantitative estimate of drug-likeness (QED) is 0.177. The van der Waals surface area contributed by atoms with Gasteiger partial charge in [-0.15, -0.1) is 0 Å². The summed E-state index contributed by atoms with van der Waals surface area (Å²) < 4.78 is 0. The summed E-state index contributed by atoms with van der Waals surface area (Å²) in [6.45, 7) is 23.4. The molecule has 0 saturated heterocycles. The van der Waals surface area contributed by atoms with Crippen LogP contribution in [0.15, 0.2) is 248 Å². The molecule has 3 nitrogen and oxygen atoms in total. The van der Waals surface area contributed by atoms with Gasteiger partial charge in [0.1, 0.15) is 0 Å². The summed E-state index contributed by atoms with van der Waals surface area (Å²) in [6, 6.07) is 89.0. The highest BCUT2D eigenvalue weighted by Gasteiger charge is 2.56. The third kappa shape index (κ3) is 7.10. The molecule has 0 saturated carbocycles. The Morgan fingerprint density at radius 1 is 0.287 bits per heavy atom. The molecule has 1 aromatic heterocycles. The molecule has 0 radical (unpaired) electrons. The SMILES string of the molecule is CC1CC=CC2=C1c1ccccc1C21c2cc(-c3nc(-c4ccc5c(c4)C4(c6ccccc6-c6ccccc64)c4cc(C(C)(C)C)ccc4-5)nc(-c4ccc5c(c4)C4(c6ccccc6-c6ccccc64)c4cc(C(C)(C)C)ccc4-5)n3)ccc2-c2ccc(C(C)(C)C)cc21. The zero-order chi connectivity index (χ0) is 63.7. The molecule has 0 fully saturated rings. The monoisotopic (exact) mass is 1210 g/mol. The molecule has 7 aliphatic carbocycles. The van der Waals surface area contributed by atoms with Crippen molar-refractivity contribution in [2.45, 2.75) is 108 Å². The molecule has 11 aromatic carbocycles. The van der Waals surface area contributed by atoms with E-state index in [1.165, 1.54) is 150 Å². The number of hydrogen-bond acceptors (Lipinski definition) is 3. The number of allylic oxidation sites excluding steroid dienone is 4. The number of hydrogen-bond donors (Lipinski definition) is 0. The molecule has 2 atom stereocenters. The van der Waals surface area contributed by atoms with Gasteiger partial charge in [-0.1, -0.05) is 294 Å². The standard InChI is InChI=1S/C91H73N3/c1-52-22-21-33-75-82(52)69-27-15-20-32-74(69)91(75)78-48-55(36-42-65(78)68-45-39-58(51-81(68)91)88(8,9)10)85-93-83(53-34-40-63-66-43-37-56(86(2,3)4)49-79(66)89(76(63)46-53)70-28-16-11-23-59(70)60-24-12-17-29-71(60)89)92-84(94-85)54-35-41-64-67-44-38-57(87(5,6)7)50-80(67)90(77(64)47-54)72-30-18-13-25-61(72)62-26-14-19-31-73(62)90/h11-21,23-52H,22H2,1-10H3. The van der Waals surface area contributed by atoms with Crippen LogP contribution in [0.2, 0.25) is 0 Å². The van der Waals surface area contributed by atoms with Crippen molar-refractivity contribution < 1.29 is 0 Å². The Bertz CT molecular complexity index is 5130. The van der Waals surface area contributed by atoms with Crippen LogP contribution in [0.5, 0.6) is 0 Å². The summed E-state index contributed by atoms with van der Waals surface area (Å²) in [4.78, 5) is 17.4. The molecular weight excluding hydrogens is 1140 g/mol. The maximum Gasteiger partial charge on any atom is 0.164 e. The largest absolute Gasteiger partial charge is 0.208 e. The summed E-state index contributed by atoms with van der Waals surface area (Å²) >= 11 is 0. The van der Waals surface area contributed by atoms with E-state index < -0.39 is 16.2 Å². The molecule has 2 unspecified atom stereocenters. The number of rotatable bonds is 3. The van der Waals surface area contributed by atoms with Gasteiger partial charge in [0.25, 0.3) is 0 Å². The molecule has 0 bridgehead atoms. The van der Waals surface area contributed by atoms with Crippen LogP contribution in [0.25, 0.3) is 95.4 Å². The van der Waals surface area contributed by atoms with Gasteiger partial charge in [0, 0.05) is 16.7 Å². The van der Waals surface area contributed by atoms with Crippen LogP contribution >= 0.6 is 0 Å². The van der Waals surface area contributed by atoms with Crippen molar-refractivity contribution in [3.63, 3.8) is 0 Å². The summed E-state index contributed by atoms with van der Waals surface area (Å²) in [7, 11) is 0. The van der Waals surface area contributed by atoms with E-state index in [1.54, 1.807) is 0 Å². The molecule has 0 N–H and O–H groups in total. The van der Waals surface area contributed by atoms with Crippen molar-refractivity contribution in [2.75, 3.05) is 0 Å². The summed E-state index contributed by atoms with van der Waals surface area (Å²) in [5.74, 6) is 2.30. The predicted octanol–water partition coefficient (Wildman–Crippen LogP) is 22.1. The fourth-order valence-corrected chi connectivity index (χ4v) is 18.6. The van der Waals surface area contributed by atoms with Crippen LogP contribution in [0.4, 0.5) is 0 Å². The fraction of sp³-hybridized carbons (Fsp3) is 0.198. The van der Waals surface area contributed by atoms with E-state index in [-0.39, 0.29) is 16.2 Å². The zero-order valence-corrected chi connectivity index (χ0v) is 55.2. The van der Waals surface area contributed by atoms with Crippen molar-refractivity contribution in [1.82, 2.24) is 15.0 Å². The summed E-state index contributed by atoms with van der Waals surface area (Å²) in [5, 5.41) is 0. The van der Waals surface area contributed by atoms with Gasteiger partial charge in [-0.05, 0) is 197 Å². The van der Waals surface area contributed by atoms with E-state index in [1.807, 2.05) is 0 Å². The second-order valence-corrected chi connectivity index (χ2v) is 31.0. The Morgan fingerprint density at radius 2 is 0.553 bits per heavy atom. The van der Waals surface area contributed by atoms with Crippen LogP contribution in [0.1, 0.15) is 159 Å². The molecule has 0 amide bonds. The van der Waals surface area contributed by atoms with Crippen molar-refractivity contribution in [3.8, 4) is 89.8 Å². The summed E-state index contributed by atoms with van der Waals surface area (Å²) in [6.07, 6.45) is 5.91. The first kappa shape index (κ1) is 55.5. The first-order valence-electron chi connectivity index (χ1n) is 34.0. The third-order valence-corrected chi connectivity index (χ3v) is 22.9. The average Bonchev–Trinajstić information content (AvgIpc) is 1.52. The fourth-order valence-electron chi connectivity index (χ4n) is 18.6. The van der Waals surface area contributed by atoms with E-state index in [0.717, 1.165) is 23.1 Å². The Balaban J connectivity index is 0.875. The lowest BCUT2D eigenvalue weighted by molar-refractivity contribution is 0.588. The van der Waals surface area contributed by atoms with E-state index in [4.69, 9.17) is 15.0 Å². The van der Waals surface area contributed by atoms with Crippen molar-refractivity contribution in [1.29, 1.82) is 0 Å². The smallest absolute Gasteiger partial charge is 0.164 e. The predicted molar refractivity (Wildman–Crippen MR) is 386 cm³/mol.